The summed E-state index contributed by atoms with van der Waals surface area (Å²) < 4.78 is 47.9. The fourth-order valence-electron chi connectivity index (χ4n) is 6.41. The third-order valence-corrected chi connectivity index (χ3v) is 8.25. The van der Waals surface area contributed by atoms with Gasteiger partial charge in [0, 0.05) is 32.3 Å². The second-order valence-corrected chi connectivity index (χ2v) is 10.7. The summed E-state index contributed by atoms with van der Waals surface area (Å²) in [5.74, 6) is 0.489. The molecule has 0 radical (unpaired) electrons. The van der Waals surface area contributed by atoms with Crippen molar-refractivity contribution in [3.63, 3.8) is 0 Å². The van der Waals surface area contributed by atoms with Gasteiger partial charge in [0.2, 0.25) is 0 Å². The van der Waals surface area contributed by atoms with E-state index < -0.39 is 18.4 Å². The van der Waals surface area contributed by atoms with Gasteiger partial charge in [-0.15, -0.1) is 13.2 Å². The molecule has 2 aliphatic carbocycles. The van der Waals surface area contributed by atoms with Gasteiger partial charge in [-0.25, -0.2) is 0 Å². The third kappa shape index (κ3) is 7.78. The number of hydrogen-bond donors (Lipinski definition) is 3. The predicted octanol–water partition coefficient (Wildman–Crippen LogP) is 3.34. The molecule has 2 aliphatic heterocycles. The Kier molecular flexibility index (Phi) is 9.12. The zero-order valence-electron chi connectivity index (χ0n) is 19.9. The van der Waals surface area contributed by atoms with E-state index in [1.54, 1.807) is 0 Å². The SMILES string of the molecule is O=C(O)CCN1CCC2NC(C3CCC(OCC4CCCC(OC(F)(F)F)C4)CC3)NCC2C1. The van der Waals surface area contributed by atoms with Crippen molar-refractivity contribution < 1.29 is 32.5 Å². The van der Waals surface area contributed by atoms with Gasteiger partial charge in [0.05, 0.1) is 24.8 Å². The largest absolute Gasteiger partial charge is 0.522 e. The molecule has 0 bridgehead atoms. The van der Waals surface area contributed by atoms with E-state index in [2.05, 4.69) is 20.3 Å². The first-order chi connectivity index (χ1) is 16.2. The molecule has 5 atom stereocenters. The van der Waals surface area contributed by atoms with Crippen LogP contribution in [0, 0.1) is 17.8 Å². The quantitative estimate of drug-likeness (QED) is 0.480. The standard InChI is InChI=1S/C24H40F3N3O4/c25-24(26,27)34-20-3-1-2-16(12-20)15-33-19-6-4-17(5-7-19)23-28-13-18-14-30(11-9-22(31)32)10-8-21(18)29-23/h16-21,23,28-29H,1-15H2,(H,31,32). The molecule has 0 aromatic rings. The lowest BCUT2D eigenvalue weighted by Gasteiger charge is -2.47. The van der Waals surface area contributed by atoms with Gasteiger partial charge in [-0.2, -0.15) is 0 Å². The molecule has 4 rings (SSSR count). The summed E-state index contributed by atoms with van der Waals surface area (Å²) in [6.07, 6.45) is 3.25. The van der Waals surface area contributed by atoms with Crippen molar-refractivity contribution in [2.45, 2.75) is 95.0 Å². The number of aliphatic carboxylic acids is 1. The number of carboxylic acid groups (broad SMARTS) is 1. The summed E-state index contributed by atoms with van der Waals surface area (Å²) in [5.41, 5.74) is 0. The lowest BCUT2D eigenvalue weighted by Crippen LogP contribution is -2.65. The molecule has 0 aromatic heterocycles. The summed E-state index contributed by atoms with van der Waals surface area (Å²) in [6.45, 7) is 4.02. The van der Waals surface area contributed by atoms with E-state index in [-0.39, 0.29) is 18.4 Å². The molecule has 0 aromatic carbocycles. The van der Waals surface area contributed by atoms with Gasteiger partial charge in [-0.3, -0.25) is 14.8 Å². The molecule has 196 valence electrons. The molecule has 7 nitrogen and oxygen atoms in total. The third-order valence-electron chi connectivity index (χ3n) is 8.25. The number of rotatable bonds is 8. The highest BCUT2D eigenvalue weighted by Gasteiger charge is 2.39. The van der Waals surface area contributed by atoms with Crippen LogP contribution in [0.4, 0.5) is 13.2 Å². The molecule has 3 N–H and O–H groups in total. The average molecular weight is 492 g/mol. The molecule has 4 fully saturated rings. The molecule has 2 heterocycles. The molecule has 0 amide bonds. The molecule has 0 spiro atoms. The van der Waals surface area contributed by atoms with Gasteiger partial charge < -0.3 is 20.1 Å². The average Bonchev–Trinajstić information content (AvgIpc) is 2.80. The molecular weight excluding hydrogens is 451 g/mol. The minimum absolute atomic E-state index is 0.152. The number of halogens is 3. The van der Waals surface area contributed by atoms with Crippen LogP contribution in [0.15, 0.2) is 0 Å². The number of alkyl halides is 3. The van der Waals surface area contributed by atoms with E-state index in [1.165, 1.54) is 0 Å². The Morgan fingerprint density at radius 3 is 2.56 bits per heavy atom. The molecule has 5 unspecified atom stereocenters. The van der Waals surface area contributed by atoms with Crippen LogP contribution in [0.1, 0.15) is 64.2 Å². The maximum absolute atomic E-state index is 12.5. The summed E-state index contributed by atoms with van der Waals surface area (Å²) in [6, 6.07) is 0.486. The van der Waals surface area contributed by atoms with Crippen molar-refractivity contribution in [1.82, 2.24) is 15.5 Å². The topological polar surface area (TPSA) is 83.1 Å². The fourth-order valence-corrected chi connectivity index (χ4v) is 6.41. The summed E-state index contributed by atoms with van der Waals surface area (Å²) in [7, 11) is 0. The number of fused-ring (bicyclic) bond motifs is 1. The van der Waals surface area contributed by atoms with Gasteiger partial charge in [0.25, 0.3) is 0 Å². The number of nitrogens with one attached hydrogen (secondary N) is 2. The van der Waals surface area contributed by atoms with Crippen LogP contribution in [0.5, 0.6) is 0 Å². The van der Waals surface area contributed by atoms with Gasteiger partial charge in [0.15, 0.2) is 0 Å². The highest BCUT2D eigenvalue weighted by atomic mass is 19.4. The van der Waals surface area contributed by atoms with Gasteiger partial charge in [-0.1, -0.05) is 6.42 Å². The first-order valence-corrected chi connectivity index (χ1v) is 13.0. The minimum atomic E-state index is -4.55. The highest BCUT2D eigenvalue weighted by molar-refractivity contribution is 5.66. The van der Waals surface area contributed by atoms with Crippen molar-refractivity contribution in [3.8, 4) is 0 Å². The van der Waals surface area contributed by atoms with E-state index >= 15 is 0 Å². The second-order valence-electron chi connectivity index (χ2n) is 10.7. The van der Waals surface area contributed by atoms with Gasteiger partial charge in [-0.05, 0) is 75.7 Å². The molecule has 2 saturated heterocycles. The number of ether oxygens (including phenoxy) is 2. The van der Waals surface area contributed by atoms with Crippen LogP contribution in [0.2, 0.25) is 0 Å². The predicted molar refractivity (Wildman–Crippen MR) is 120 cm³/mol. The maximum Gasteiger partial charge on any atom is 0.522 e. The van der Waals surface area contributed by atoms with Crippen LogP contribution in [-0.4, -0.2) is 79.5 Å². The number of piperidine rings is 1. The molecule has 34 heavy (non-hydrogen) atoms. The monoisotopic (exact) mass is 491 g/mol. The van der Waals surface area contributed by atoms with Crippen molar-refractivity contribution in [3.05, 3.63) is 0 Å². The van der Waals surface area contributed by atoms with E-state index in [0.717, 1.165) is 64.6 Å². The van der Waals surface area contributed by atoms with E-state index in [4.69, 9.17) is 9.84 Å². The Morgan fingerprint density at radius 1 is 1.03 bits per heavy atom. The van der Waals surface area contributed by atoms with Crippen molar-refractivity contribution in [2.75, 3.05) is 32.8 Å². The number of nitrogens with zero attached hydrogens (tertiary/aromatic N) is 1. The Hall–Kier alpha value is -0.940. The normalized spacial score (nSPS) is 37.8. The number of likely N-dealkylation sites (tertiary alicyclic amines) is 1. The lowest BCUT2D eigenvalue weighted by molar-refractivity contribution is -0.346. The summed E-state index contributed by atoms with van der Waals surface area (Å²) in [5, 5.41) is 16.4. The summed E-state index contributed by atoms with van der Waals surface area (Å²) in [4.78, 5) is 13.1. The van der Waals surface area contributed by atoms with Crippen LogP contribution in [0.25, 0.3) is 0 Å². The Bertz CT molecular complexity index is 660. The minimum Gasteiger partial charge on any atom is -0.481 e. The molecule has 4 aliphatic rings. The highest BCUT2D eigenvalue weighted by Crippen LogP contribution is 2.34. The molecule has 10 heteroatoms. The lowest BCUT2D eigenvalue weighted by atomic mass is 9.82. The van der Waals surface area contributed by atoms with Crippen molar-refractivity contribution >= 4 is 5.97 Å². The molecule has 2 saturated carbocycles. The van der Waals surface area contributed by atoms with E-state index in [0.29, 0.717) is 50.0 Å². The fraction of sp³-hybridized carbons (Fsp3) is 0.958. The Morgan fingerprint density at radius 2 is 1.82 bits per heavy atom. The van der Waals surface area contributed by atoms with Gasteiger partial charge in [0.1, 0.15) is 0 Å². The smallest absolute Gasteiger partial charge is 0.481 e. The van der Waals surface area contributed by atoms with Crippen LogP contribution >= 0.6 is 0 Å². The maximum atomic E-state index is 12.5. The summed E-state index contributed by atoms with van der Waals surface area (Å²) >= 11 is 0. The van der Waals surface area contributed by atoms with Crippen molar-refractivity contribution in [1.29, 1.82) is 0 Å². The Labute approximate surface area is 200 Å². The Balaban J connectivity index is 1.13. The first-order valence-electron chi connectivity index (χ1n) is 13.0. The first kappa shape index (κ1) is 26.1. The number of carboxylic acids is 1. The zero-order valence-corrected chi connectivity index (χ0v) is 19.9. The number of hydrogen-bond acceptors (Lipinski definition) is 6. The van der Waals surface area contributed by atoms with E-state index in [1.807, 2.05) is 0 Å². The van der Waals surface area contributed by atoms with Crippen LogP contribution < -0.4 is 10.6 Å². The second kappa shape index (κ2) is 11.9. The molecular formula is C24H40F3N3O4. The number of carbonyl (C=O) groups is 1. The van der Waals surface area contributed by atoms with Crippen molar-refractivity contribution in [2.24, 2.45) is 17.8 Å². The van der Waals surface area contributed by atoms with Crippen LogP contribution in [-0.2, 0) is 14.3 Å². The van der Waals surface area contributed by atoms with Gasteiger partial charge >= 0.3 is 12.3 Å². The van der Waals surface area contributed by atoms with E-state index in [9.17, 15) is 18.0 Å². The zero-order chi connectivity index (χ0) is 24.1. The van der Waals surface area contributed by atoms with Crippen LogP contribution in [0.3, 0.4) is 0 Å².